The molecular weight excluding hydrogens is 452 g/mol. The zero-order chi connectivity index (χ0) is 27.2. The van der Waals surface area contributed by atoms with Crippen LogP contribution >= 0.6 is 0 Å². The Hall–Kier alpha value is -0.530. The van der Waals surface area contributed by atoms with E-state index in [-0.39, 0.29) is 11.9 Å². The minimum Gasteiger partial charge on any atom is -0.465 e. The SMILES string of the molecule is CCCCCCCCCCCCC(CCCCCC)COC(=O)C(C)CCCCCCCCCCCC. The van der Waals surface area contributed by atoms with Crippen LogP contribution in [0.15, 0.2) is 0 Å². The third-order valence-corrected chi connectivity index (χ3v) is 8.29. The molecule has 2 unspecified atom stereocenters. The maximum absolute atomic E-state index is 12.6. The molecule has 0 aromatic heterocycles. The molecule has 37 heavy (non-hydrogen) atoms. The molecule has 0 aromatic carbocycles. The Morgan fingerprint density at radius 1 is 0.459 bits per heavy atom. The van der Waals surface area contributed by atoms with Crippen molar-refractivity contribution in [2.45, 2.75) is 201 Å². The third-order valence-electron chi connectivity index (χ3n) is 8.29. The lowest BCUT2D eigenvalue weighted by atomic mass is 9.94. The molecule has 0 aliphatic carbocycles. The number of rotatable bonds is 30. The van der Waals surface area contributed by atoms with Crippen LogP contribution in [0.1, 0.15) is 201 Å². The van der Waals surface area contributed by atoms with Crippen LogP contribution in [0.3, 0.4) is 0 Å². The number of hydrogen-bond donors (Lipinski definition) is 0. The topological polar surface area (TPSA) is 26.3 Å². The summed E-state index contributed by atoms with van der Waals surface area (Å²) in [5.41, 5.74) is 0. The van der Waals surface area contributed by atoms with Crippen molar-refractivity contribution in [3.05, 3.63) is 0 Å². The fraction of sp³-hybridized carbons (Fsp3) is 0.971. The van der Waals surface area contributed by atoms with Gasteiger partial charge < -0.3 is 4.74 Å². The Bertz CT molecular complexity index is 447. The van der Waals surface area contributed by atoms with Crippen LogP contribution in [0.4, 0.5) is 0 Å². The summed E-state index contributed by atoms with van der Waals surface area (Å²) < 4.78 is 5.87. The van der Waals surface area contributed by atoms with E-state index in [0.29, 0.717) is 12.5 Å². The highest BCUT2D eigenvalue weighted by atomic mass is 16.5. The molecule has 0 aliphatic rings. The number of carbonyl (C=O) groups is 1. The Balaban J connectivity index is 3.96. The summed E-state index contributed by atoms with van der Waals surface area (Å²) in [5, 5.41) is 0. The third kappa shape index (κ3) is 26.8. The maximum atomic E-state index is 12.6. The van der Waals surface area contributed by atoms with Gasteiger partial charge in [0.2, 0.25) is 0 Å². The zero-order valence-electron chi connectivity index (χ0n) is 26.3. The van der Waals surface area contributed by atoms with Gasteiger partial charge in [-0.15, -0.1) is 0 Å². The van der Waals surface area contributed by atoms with Crippen molar-refractivity contribution in [1.82, 2.24) is 0 Å². The zero-order valence-corrected chi connectivity index (χ0v) is 26.3. The van der Waals surface area contributed by atoms with Crippen LogP contribution in [-0.2, 0) is 9.53 Å². The lowest BCUT2D eigenvalue weighted by Gasteiger charge is -2.19. The summed E-state index contributed by atoms with van der Waals surface area (Å²) in [6.45, 7) is 9.58. The van der Waals surface area contributed by atoms with E-state index in [2.05, 4.69) is 27.7 Å². The molecular formula is C35H70O2. The molecule has 2 nitrogen and oxygen atoms in total. The Labute approximate surface area is 234 Å². The minimum absolute atomic E-state index is 0.0533. The van der Waals surface area contributed by atoms with E-state index in [1.165, 1.54) is 167 Å². The molecule has 0 rings (SSSR count). The molecule has 0 saturated heterocycles. The van der Waals surface area contributed by atoms with Crippen molar-refractivity contribution in [2.75, 3.05) is 6.61 Å². The lowest BCUT2D eigenvalue weighted by Crippen LogP contribution is -2.20. The largest absolute Gasteiger partial charge is 0.465 e. The molecule has 0 aliphatic heterocycles. The number of ether oxygens (including phenoxy) is 1. The van der Waals surface area contributed by atoms with Crippen LogP contribution in [0.5, 0.6) is 0 Å². The van der Waals surface area contributed by atoms with Gasteiger partial charge in [-0.3, -0.25) is 4.79 Å². The molecule has 2 heteroatoms. The van der Waals surface area contributed by atoms with Crippen molar-refractivity contribution in [2.24, 2.45) is 11.8 Å². The maximum Gasteiger partial charge on any atom is 0.308 e. The van der Waals surface area contributed by atoms with E-state index in [0.717, 1.165) is 6.42 Å². The fourth-order valence-electron chi connectivity index (χ4n) is 5.49. The molecule has 222 valence electrons. The van der Waals surface area contributed by atoms with Crippen molar-refractivity contribution >= 4 is 5.97 Å². The van der Waals surface area contributed by atoms with Crippen molar-refractivity contribution in [3.8, 4) is 0 Å². The summed E-state index contributed by atoms with van der Waals surface area (Å²) in [4.78, 5) is 12.6. The average Bonchev–Trinajstić information content (AvgIpc) is 2.90. The standard InChI is InChI=1S/C35H70O2/c1-5-8-11-14-16-18-20-22-24-26-29-33(4)35(36)37-32-34(30-27-13-10-7-3)31-28-25-23-21-19-17-15-12-9-6-2/h33-34H,5-32H2,1-4H3. The Morgan fingerprint density at radius 2 is 0.757 bits per heavy atom. The van der Waals surface area contributed by atoms with Crippen LogP contribution in [0, 0.1) is 11.8 Å². The summed E-state index contributed by atoms with van der Waals surface area (Å²) in [7, 11) is 0. The molecule has 0 amide bonds. The van der Waals surface area contributed by atoms with Crippen LogP contribution in [0.25, 0.3) is 0 Å². The van der Waals surface area contributed by atoms with E-state index >= 15 is 0 Å². The van der Waals surface area contributed by atoms with E-state index in [1.807, 2.05) is 0 Å². The van der Waals surface area contributed by atoms with E-state index < -0.39 is 0 Å². The second kappa shape index (κ2) is 30.0. The molecule has 0 aromatic rings. The summed E-state index contributed by atoms with van der Waals surface area (Å²) in [5.74, 6) is 0.684. The van der Waals surface area contributed by atoms with Gasteiger partial charge in [0.05, 0.1) is 12.5 Å². The van der Waals surface area contributed by atoms with Crippen LogP contribution < -0.4 is 0 Å². The summed E-state index contributed by atoms with van der Waals surface area (Å²) >= 11 is 0. The van der Waals surface area contributed by atoms with Crippen LogP contribution in [-0.4, -0.2) is 12.6 Å². The molecule has 0 spiro atoms. The first-order valence-electron chi connectivity index (χ1n) is 17.3. The Kier molecular flexibility index (Phi) is 29.6. The van der Waals surface area contributed by atoms with Gasteiger partial charge in [-0.25, -0.2) is 0 Å². The molecule has 0 saturated carbocycles. The summed E-state index contributed by atoms with van der Waals surface area (Å²) in [6.07, 6.45) is 36.1. The molecule has 0 heterocycles. The fourth-order valence-corrected chi connectivity index (χ4v) is 5.49. The first kappa shape index (κ1) is 36.5. The van der Waals surface area contributed by atoms with E-state index in [9.17, 15) is 4.79 Å². The minimum atomic E-state index is 0.0533. The molecule has 0 radical (unpaired) electrons. The quantitative estimate of drug-likeness (QED) is 0.0692. The predicted octanol–water partition coefficient (Wildman–Crippen LogP) is 12.4. The number of hydrogen-bond acceptors (Lipinski definition) is 2. The van der Waals surface area contributed by atoms with Gasteiger partial charge in [0.15, 0.2) is 0 Å². The lowest BCUT2D eigenvalue weighted by molar-refractivity contribution is -0.149. The van der Waals surface area contributed by atoms with Gasteiger partial charge in [0.1, 0.15) is 0 Å². The number of unbranched alkanes of at least 4 members (excludes halogenated alkanes) is 21. The molecule has 0 N–H and O–H groups in total. The highest BCUT2D eigenvalue weighted by molar-refractivity contribution is 5.71. The number of esters is 1. The first-order valence-corrected chi connectivity index (χ1v) is 17.3. The molecule has 0 bridgehead atoms. The summed E-state index contributed by atoms with van der Waals surface area (Å²) in [6, 6.07) is 0. The van der Waals surface area contributed by atoms with Gasteiger partial charge in [0.25, 0.3) is 0 Å². The molecule has 0 fully saturated rings. The van der Waals surface area contributed by atoms with Crippen molar-refractivity contribution < 1.29 is 9.53 Å². The second-order valence-corrected chi connectivity index (χ2v) is 12.2. The Morgan fingerprint density at radius 3 is 1.14 bits per heavy atom. The van der Waals surface area contributed by atoms with Gasteiger partial charge >= 0.3 is 5.97 Å². The van der Waals surface area contributed by atoms with Gasteiger partial charge in [-0.05, 0) is 25.2 Å². The highest BCUT2D eigenvalue weighted by Crippen LogP contribution is 2.21. The van der Waals surface area contributed by atoms with Crippen molar-refractivity contribution in [3.63, 3.8) is 0 Å². The molecule has 2 atom stereocenters. The van der Waals surface area contributed by atoms with Crippen molar-refractivity contribution in [1.29, 1.82) is 0 Å². The van der Waals surface area contributed by atoms with Gasteiger partial charge in [-0.2, -0.15) is 0 Å². The van der Waals surface area contributed by atoms with Gasteiger partial charge in [-0.1, -0.05) is 182 Å². The number of carbonyl (C=O) groups excluding carboxylic acids is 1. The normalized spacial score (nSPS) is 13.1. The van der Waals surface area contributed by atoms with Crippen LogP contribution in [0.2, 0.25) is 0 Å². The van der Waals surface area contributed by atoms with Gasteiger partial charge in [0, 0.05) is 0 Å². The second-order valence-electron chi connectivity index (χ2n) is 12.2. The monoisotopic (exact) mass is 523 g/mol. The first-order chi connectivity index (χ1) is 18.2. The van der Waals surface area contributed by atoms with E-state index in [4.69, 9.17) is 4.74 Å². The average molecular weight is 523 g/mol. The van der Waals surface area contributed by atoms with E-state index in [1.54, 1.807) is 0 Å². The predicted molar refractivity (Wildman–Crippen MR) is 165 cm³/mol. The highest BCUT2D eigenvalue weighted by Gasteiger charge is 2.17. The smallest absolute Gasteiger partial charge is 0.308 e.